The summed E-state index contributed by atoms with van der Waals surface area (Å²) in [6.07, 6.45) is 1.81. The van der Waals surface area contributed by atoms with E-state index in [1.54, 1.807) is 0 Å². The molecule has 7 heteroatoms. The molecule has 1 aliphatic rings. The van der Waals surface area contributed by atoms with Crippen LogP contribution in [0.3, 0.4) is 0 Å². The molecular weight excluding hydrogens is 235 g/mol. The van der Waals surface area contributed by atoms with Crippen LogP contribution in [-0.4, -0.2) is 29.8 Å². The minimum absolute atomic E-state index is 0.0244. The molecule has 1 aliphatic carbocycles. The predicted octanol–water partition coefficient (Wildman–Crippen LogP) is 1.61. The largest absolute Gasteiger partial charge is 0.409 e. The third-order valence-electron chi connectivity index (χ3n) is 2.75. The van der Waals surface area contributed by atoms with E-state index in [1.807, 2.05) is 12.2 Å². The number of alkyl halides is 3. The molecule has 0 bridgehead atoms. The van der Waals surface area contributed by atoms with E-state index in [-0.39, 0.29) is 12.6 Å². The van der Waals surface area contributed by atoms with E-state index >= 15 is 0 Å². The van der Waals surface area contributed by atoms with Crippen LogP contribution >= 0.6 is 0 Å². The zero-order chi connectivity index (χ0) is 12.9. The van der Waals surface area contributed by atoms with Crippen LogP contribution in [0.4, 0.5) is 13.2 Å². The summed E-state index contributed by atoms with van der Waals surface area (Å²) in [5.41, 5.74) is 5.04. The van der Waals surface area contributed by atoms with Crippen LogP contribution in [0.15, 0.2) is 17.3 Å². The molecule has 17 heavy (non-hydrogen) atoms. The van der Waals surface area contributed by atoms with Gasteiger partial charge in [0, 0.05) is 12.6 Å². The first-order valence-corrected chi connectivity index (χ1v) is 5.37. The number of amidine groups is 1. The van der Waals surface area contributed by atoms with E-state index in [0.717, 1.165) is 12.8 Å². The molecule has 0 aromatic carbocycles. The summed E-state index contributed by atoms with van der Waals surface area (Å²) >= 11 is 0. The average Bonchev–Trinajstić information content (AvgIpc) is 2.28. The molecule has 0 spiro atoms. The number of hydrogen-bond acceptors (Lipinski definition) is 3. The fraction of sp³-hybridized carbons (Fsp3) is 0.700. The SMILES string of the molecule is N/C(=N/O)C(CNC1CC=CCC1)C(F)(F)F. The molecular formula is C10H16F3N3O. The van der Waals surface area contributed by atoms with Crippen molar-refractivity contribution < 1.29 is 18.4 Å². The third kappa shape index (κ3) is 4.26. The highest BCUT2D eigenvalue weighted by Gasteiger charge is 2.42. The first-order chi connectivity index (χ1) is 7.95. The first-order valence-electron chi connectivity index (χ1n) is 5.37. The Morgan fingerprint density at radius 1 is 1.53 bits per heavy atom. The van der Waals surface area contributed by atoms with Gasteiger partial charge in [0.05, 0.1) is 0 Å². The number of nitrogens with zero attached hydrogens (tertiary/aromatic N) is 1. The second-order valence-electron chi connectivity index (χ2n) is 4.01. The fourth-order valence-electron chi connectivity index (χ4n) is 1.72. The van der Waals surface area contributed by atoms with E-state index in [0.29, 0.717) is 6.42 Å². The van der Waals surface area contributed by atoms with Crippen molar-refractivity contribution in [2.45, 2.75) is 31.5 Å². The van der Waals surface area contributed by atoms with Crippen LogP contribution < -0.4 is 11.1 Å². The molecule has 0 saturated carbocycles. The Labute approximate surface area is 97.4 Å². The van der Waals surface area contributed by atoms with Gasteiger partial charge in [-0.3, -0.25) is 0 Å². The summed E-state index contributed by atoms with van der Waals surface area (Å²) in [4.78, 5) is 0. The zero-order valence-electron chi connectivity index (χ0n) is 9.24. The summed E-state index contributed by atoms with van der Waals surface area (Å²) in [7, 11) is 0. The molecule has 4 nitrogen and oxygen atoms in total. The molecule has 0 amide bonds. The van der Waals surface area contributed by atoms with Crippen LogP contribution in [0, 0.1) is 5.92 Å². The number of rotatable bonds is 4. The summed E-state index contributed by atoms with van der Waals surface area (Å²) in [6.45, 7) is -0.363. The van der Waals surface area contributed by atoms with Gasteiger partial charge in [0.25, 0.3) is 0 Å². The number of oxime groups is 1. The van der Waals surface area contributed by atoms with E-state index in [1.165, 1.54) is 0 Å². The van der Waals surface area contributed by atoms with E-state index in [9.17, 15) is 13.2 Å². The van der Waals surface area contributed by atoms with Crippen molar-refractivity contribution in [3.63, 3.8) is 0 Å². The number of hydrogen-bond donors (Lipinski definition) is 3. The molecule has 0 saturated heterocycles. The summed E-state index contributed by atoms with van der Waals surface area (Å²) in [6, 6.07) is 0.0244. The van der Waals surface area contributed by atoms with Gasteiger partial charge in [-0.25, -0.2) is 0 Å². The molecule has 2 atom stereocenters. The third-order valence-corrected chi connectivity index (χ3v) is 2.75. The van der Waals surface area contributed by atoms with Crippen LogP contribution in [0.5, 0.6) is 0 Å². The van der Waals surface area contributed by atoms with Gasteiger partial charge >= 0.3 is 6.18 Å². The van der Waals surface area contributed by atoms with Crippen molar-refractivity contribution in [1.29, 1.82) is 0 Å². The lowest BCUT2D eigenvalue weighted by Crippen LogP contribution is -2.45. The highest BCUT2D eigenvalue weighted by atomic mass is 19.4. The standard InChI is InChI=1S/C10H16F3N3O/c11-10(12,13)8(9(14)16-17)6-15-7-4-2-1-3-5-7/h1-2,7-8,15,17H,3-6H2,(H2,14,16). The maximum atomic E-state index is 12.6. The molecule has 0 fully saturated rings. The Kier molecular flexibility index (Phi) is 4.80. The number of halogens is 3. The van der Waals surface area contributed by atoms with Gasteiger partial charge in [-0.05, 0) is 19.3 Å². The topological polar surface area (TPSA) is 70.6 Å². The Hall–Kier alpha value is -1.24. The van der Waals surface area contributed by atoms with Crippen molar-refractivity contribution >= 4 is 5.84 Å². The van der Waals surface area contributed by atoms with Gasteiger partial charge in [-0.2, -0.15) is 13.2 Å². The Bertz CT molecular complexity index is 302. The smallest absolute Gasteiger partial charge is 0.400 e. The number of nitrogens with one attached hydrogen (secondary N) is 1. The molecule has 1 rings (SSSR count). The van der Waals surface area contributed by atoms with Crippen LogP contribution in [0.2, 0.25) is 0 Å². The maximum Gasteiger partial charge on any atom is 0.400 e. The minimum Gasteiger partial charge on any atom is -0.409 e. The lowest BCUT2D eigenvalue weighted by atomic mass is 10.0. The molecule has 0 aromatic heterocycles. The Morgan fingerprint density at radius 2 is 2.24 bits per heavy atom. The van der Waals surface area contributed by atoms with Crippen molar-refractivity contribution in [2.24, 2.45) is 16.8 Å². The highest BCUT2D eigenvalue weighted by Crippen LogP contribution is 2.26. The van der Waals surface area contributed by atoms with Gasteiger partial charge in [-0.15, -0.1) is 0 Å². The monoisotopic (exact) mass is 251 g/mol. The van der Waals surface area contributed by atoms with E-state index in [4.69, 9.17) is 10.9 Å². The number of nitrogens with two attached hydrogens (primary N) is 1. The Morgan fingerprint density at radius 3 is 2.71 bits per heavy atom. The average molecular weight is 251 g/mol. The Balaban J connectivity index is 2.52. The van der Waals surface area contributed by atoms with Crippen molar-refractivity contribution in [1.82, 2.24) is 5.32 Å². The van der Waals surface area contributed by atoms with Gasteiger partial charge in [0.1, 0.15) is 5.92 Å². The predicted molar refractivity (Wildman–Crippen MR) is 57.7 cm³/mol. The first kappa shape index (κ1) is 13.8. The number of allylic oxidation sites excluding steroid dienone is 1. The molecule has 0 aliphatic heterocycles. The van der Waals surface area contributed by atoms with Crippen molar-refractivity contribution in [3.8, 4) is 0 Å². The van der Waals surface area contributed by atoms with Gasteiger partial charge in [-0.1, -0.05) is 17.3 Å². The lowest BCUT2D eigenvalue weighted by molar-refractivity contribution is -0.155. The highest BCUT2D eigenvalue weighted by molar-refractivity contribution is 5.83. The fourth-order valence-corrected chi connectivity index (χ4v) is 1.72. The summed E-state index contributed by atoms with van der Waals surface area (Å²) < 4.78 is 37.8. The van der Waals surface area contributed by atoms with Crippen LogP contribution in [-0.2, 0) is 0 Å². The molecule has 2 unspecified atom stereocenters. The second-order valence-corrected chi connectivity index (χ2v) is 4.01. The van der Waals surface area contributed by atoms with E-state index in [2.05, 4.69) is 10.5 Å². The molecule has 0 radical (unpaired) electrons. The van der Waals surface area contributed by atoms with E-state index < -0.39 is 17.9 Å². The van der Waals surface area contributed by atoms with Gasteiger partial charge < -0.3 is 16.3 Å². The van der Waals surface area contributed by atoms with Gasteiger partial charge in [0.2, 0.25) is 0 Å². The van der Waals surface area contributed by atoms with Crippen molar-refractivity contribution in [2.75, 3.05) is 6.54 Å². The second kappa shape index (κ2) is 5.90. The van der Waals surface area contributed by atoms with Crippen LogP contribution in [0.25, 0.3) is 0 Å². The molecule has 98 valence electrons. The molecule has 0 heterocycles. The van der Waals surface area contributed by atoms with Gasteiger partial charge in [0.15, 0.2) is 5.84 Å². The summed E-state index contributed by atoms with van der Waals surface area (Å²) in [5, 5.41) is 13.6. The van der Waals surface area contributed by atoms with Crippen molar-refractivity contribution in [3.05, 3.63) is 12.2 Å². The molecule has 0 aromatic rings. The lowest BCUT2D eigenvalue weighted by Gasteiger charge is -2.24. The minimum atomic E-state index is -4.51. The van der Waals surface area contributed by atoms with Crippen LogP contribution in [0.1, 0.15) is 19.3 Å². The normalized spacial score (nSPS) is 23.7. The maximum absolute atomic E-state index is 12.6. The summed E-state index contributed by atoms with van der Waals surface area (Å²) in [5.74, 6) is -2.75. The quantitative estimate of drug-likeness (QED) is 0.234. The zero-order valence-corrected chi connectivity index (χ0v) is 9.24. The molecule has 4 N–H and O–H groups in total.